The summed E-state index contributed by atoms with van der Waals surface area (Å²) in [6, 6.07) is 15.4. The number of hydrogen-bond acceptors (Lipinski definition) is 8. The summed E-state index contributed by atoms with van der Waals surface area (Å²) in [7, 11) is 0. The van der Waals surface area contributed by atoms with E-state index in [0.29, 0.717) is 16.3 Å². The molecule has 1 aliphatic heterocycles. The van der Waals surface area contributed by atoms with Crippen LogP contribution in [0, 0.1) is 22.7 Å². The van der Waals surface area contributed by atoms with Crippen LogP contribution in [0.25, 0.3) is 0 Å². The lowest BCUT2D eigenvalue weighted by Gasteiger charge is -2.28. The Labute approximate surface area is 196 Å². The Kier molecular flexibility index (Phi) is 6.67. The molecule has 0 bridgehead atoms. The Morgan fingerprint density at radius 2 is 2.06 bits per heavy atom. The molecule has 2 aliphatic rings. The average molecular weight is 459 g/mol. The molecule has 1 aromatic heterocycles. The molecule has 8 heteroatoms. The molecule has 0 spiro atoms. The van der Waals surface area contributed by atoms with E-state index in [9.17, 15) is 15.3 Å². The summed E-state index contributed by atoms with van der Waals surface area (Å²) >= 11 is 1.31. The Balaban J connectivity index is 1.75. The van der Waals surface area contributed by atoms with Gasteiger partial charge in [-0.3, -0.25) is 0 Å². The number of nitrogens with two attached hydrogens (primary N) is 1. The predicted molar refractivity (Wildman–Crippen MR) is 122 cm³/mol. The highest BCUT2D eigenvalue weighted by molar-refractivity contribution is 7.99. The number of nitriles is 2. The first kappa shape index (κ1) is 22.4. The molecule has 2 aromatic rings. The third-order valence-corrected chi connectivity index (χ3v) is 6.59. The van der Waals surface area contributed by atoms with Gasteiger partial charge >= 0.3 is 5.97 Å². The van der Waals surface area contributed by atoms with Crippen LogP contribution < -0.4 is 5.73 Å². The molecule has 1 aromatic carbocycles. The number of carbonyl (C=O) groups excluding carboxylic acids is 1. The molecular weight excluding hydrogens is 436 g/mol. The molecule has 1 aliphatic carbocycles. The summed E-state index contributed by atoms with van der Waals surface area (Å²) in [4.78, 5) is 17.7. The molecule has 166 valence electrons. The van der Waals surface area contributed by atoms with Gasteiger partial charge in [-0.1, -0.05) is 42.1 Å². The van der Waals surface area contributed by atoms with Gasteiger partial charge in [0.2, 0.25) is 5.88 Å². The fraction of sp³-hybridized carbons (Fsp3) is 0.280. The van der Waals surface area contributed by atoms with Crippen LogP contribution in [0.2, 0.25) is 0 Å². The number of esters is 1. The van der Waals surface area contributed by atoms with Crippen molar-refractivity contribution < 1.29 is 14.3 Å². The van der Waals surface area contributed by atoms with Gasteiger partial charge < -0.3 is 15.2 Å². The zero-order valence-corrected chi connectivity index (χ0v) is 18.9. The first-order chi connectivity index (χ1) is 16.1. The maximum atomic E-state index is 13.0. The van der Waals surface area contributed by atoms with Crippen LogP contribution in [-0.2, 0) is 27.1 Å². The normalized spacial score (nSPS) is 17.1. The molecule has 0 saturated heterocycles. The number of ether oxygens (including phenoxy) is 2. The number of thioether (sulfide) groups is 1. The van der Waals surface area contributed by atoms with E-state index in [4.69, 9.17) is 20.2 Å². The monoisotopic (exact) mass is 458 g/mol. The predicted octanol–water partition coefficient (Wildman–Crippen LogP) is 3.86. The van der Waals surface area contributed by atoms with E-state index >= 15 is 0 Å². The van der Waals surface area contributed by atoms with Gasteiger partial charge in [-0.2, -0.15) is 10.5 Å². The summed E-state index contributed by atoms with van der Waals surface area (Å²) < 4.78 is 11.1. The van der Waals surface area contributed by atoms with Crippen molar-refractivity contribution in [2.75, 3.05) is 12.4 Å². The smallest absolute Gasteiger partial charge is 0.338 e. The fourth-order valence-corrected chi connectivity index (χ4v) is 5.03. The average Bonchev–Trinajstić information content (AvgIpc) is 3.29. The zero-order valence-electron chi connectivity index (χ0n) is 18.1. The summed E-state index contributed by atoms with van der Waals surface area (Å²) in [6.07, 6.45) is 2.85. The van der Waals surface area contributed by atoms with Crippen LogP contribution in [0.3, 0.4) is 0 Å². The summed E-state index contributed by atoms with van der Waals surface area (Å²) in [6.45, 7) is 1.90. The summed E-state index contributed by atoms with van der Waals surface area (Å²) in [5, 5.41) is 20.0. The van der Waals surface area contributed by atoms with Crippen molar-refractivity contribution in [3.05, 3.63) is 81.6 Å². The minimum absolute atomic E-state index is 0.0441. The van der Waals surface area contributed by atoms with Gasteiger partial charge in [-0.25, -0.2) is 9.78 Å². The van der Waals surface area contributed by atoms with Gasteiger partial charge in [-0.05, 0) is 43.4 Å². The number of hydrogen-bond donors (Lipinski definition) is 1. The molecule has 1 atom stereocenters. The van der Waals surface area contributed by atoms with Gasteiger partial charge in [0.1, 0.15) is 28.5 Å². The highest BCUT2D eigenvalue weighted by Crippen LogP contribution is 2.41. The van der Waals surface area contributed by atoms with Crippen molar-refractivity contribution in [3.8, 4) is 12.1 Å². The summed E-state index contributed by atoms with van der Waals surface area (Å²) in [5.74, 6) is -0.808. The molecule has 0 saturated carbocycles. The van der Waals surface area contributed by atoms with E-state index in [1.54, 1.807) is 6.92 Å². The standard InChI is InChI=1S/C25H22N4O3S/c1-2-31-25(30)22-20(14-33-24-17(12-26)11-16-9-6-10-19(16)29-24)32-23(28)18(13-27)21(22)15-7-4-3-5-8-15/h3-5,7-8,11,21H,2,6,9-10,14,28H2,1H3/t21-/m0/s1. The highest BCUT2D eigenvalue weighted by atomic mass is 32.2. The quantitative estimate of drug-likeness (QED) is 0.511. The van der Waals surface area contributed by atoms with E-state index in [0.717, 1.165) is 36.1 Å². The Morgan fingerprint density at radius 3 is 2.76 bits per heavy atom. The van der Waals surface area contributed by atoms with Gasteiger partial charge in [0, 0.05) is 5.69 Å². The van der Waals surface area contributed by atoms with Crippen molar-refractivity contribution in [2.45, 2.75) is 37.1 Å². The van der Waals surface area contributed by atoms with Crippen LogP contribution in [-0.4, -0.2) is 23.3 Å². The molecule has 0 radical (unpaired) electrons. The number of fused-ring (bicyclic) bond motifs is 1. The van der Waals surface area contributed by atoms with Crippen molar-refractivity contribution in [3.63, 3.8) is 0 Å². The molecular formula is C25H22N4O3S. The van der Waals surface area contributed by atoms with Gasteiger partial charge in [-0.15, -0.1) is 0 Å². The van der Waals surface area contributed by atoms with Crippen LogP contribution in [0.4, 0.5) is 0 Å². The van der Waals surface area contributed by atoms with Crippen molar-refractivity contribution in [1.82, 2.24) is 4.98 Å². The van der Waals surface area contributed by atoms with E-state index in [1.165, 1.54) is 11.8 Å². The van der Waals surface area contributed by atoms with Crippen LogP contribution in [0.15, 0.2) is 64.2 Å². The van der Waals surface area contributed by atoms with E-state index in [2.05, 4.69) is 12.1 Å². The third-order valence-electron chi connectivity index (χ3n) is 5.60. The number of benzene rings is 1. The second-order valence-electron chi connectivity index (χ2n) is 7.59. The van der Waals surface area contributed by atoms with E-state index in [1.807, 2.05) is 36.4 Å². The minimum atomic E-state index is -0.706. The maximum absolute atomic E-state index is 13.0. The molecule has 0 unspecified atom stereocenters. The number of rotatable bonds is 6. The molecule has 33 heavy (non-hydrogen) atoms. The SMILES string of the molecule is CCOC(=O)C1=C(CSc2nc3c(cc2C#N)CCC3)OC(N)=C(C#N)[C@@H]1c1ccccc1. The zero-order chi connectivity index (χ0) is 23.4. The first-order valence-electron chi connectivity index (χ1n) is 10.7. The molecule has 4 rings (SSSR count). The van der Waals surface area contributed by atoms with Gasteiger partial charge in [0.25, 0.3) is 0 Å². The molecule has 0 amide bonds. The number of allylic oxidation sites excluding steroid dienone is 1. The van der Waals surface area contributed by atoms with Crippen LogP contribution in [0.1, 0.15) is 41.6 Å². The lowest BCUT2D eigenvalue weighted by atomic mass is 9.83. The molecule has 2 N–H and O–H groups in total. The Hall–Kier alpha value is -3.75. The van der Waals surface area contributed by atoms with Crippen LogP contribution >= 0.6 is 11.8 Å². The fourth-order valence-electron chi connectivity index (χ4n) is 4.11. The second kappa shape index (κ2) is 9.81. The van der Waals surface area contributed by atoms with E-state index < -0.39 is 11.9 Å². The minimum Gasteiger partial charge on any atom is -0.463 e. The topological polar surface area (TPSA) is 122 Å². The number of carbonyl (C=O) groups is 1. The Bertz CT molecular complexity index is 1240. The van der Waals surface area contributed by atoms with Crippen molar-refractivity contribution >= 4 is 17.7 Å². The largest absolute Gasteiger partial charge is 0.463 e. The highest BCUT2D eigenvalue weighted by Gasteiger charge is 2.37. The maximum Gasteiger partial charge on any atom is 0.338 e. The number of aryl methyl sites for hydroxylation is 2. The van der Waals surface area contributed by atoms with Gasteiger partial charge in [0.15, 0.2) is 0 Å². The van der Waals surface area contributed by atoms with Crippen LogP contribution in [0.5, 0.6) is 0 Å². The molecule has 2 heterocycles. The van der Waals surface area contributed by atoms with E-state index in [-0.39, 0.29) is 29.4 Å². The van der Waals surface area contributed by atoms with Crippen molar-refractivity contribution in [2.24, 2.45) is 5.73 Å². The van der Waals surface area contributed by atoms with Gasteiger partial charge in [0.05, 0.1) is 29.4 Å². The van der Waals surface area contributed by atoms with Crippen molar-refractivity contribution in [1.29, 1.82) is 10.5 Å². The number of nitrogens with zero attached hydrogens (tertiary/aromatic N) is 3. The lowest BCUT2D eigenvalue weighted by Crippen LogP contribution is -2.27. The Morgan fingerprint density at radius 1 is 1.27 bits per heavy atom. The third kappa shape index (κ3) is 4.44. The summed E-state index contributed by atoms with van der Waals surface area (Å²) in [5.41, 5.74) is 9.87. The number of aromatic nitrogens is 1. The molecule has 7 nitrogen and oxygen atoms in total. The number of pyridine rings is 1. The second-order valence-corrected chi connectivity index (χ2v) is 8.56. The first-order valence-corrected chi connectivity index (χ1v) is 11.6. The lowest BCUT2D eigenvalue weighted by molar-refractivity contribution is -0.139. The molecule has 0 fully saturated rings.